The van der Waals surface area contributed by atoms with Crippen molar-refractivity contribution in [3.05, 3.63) is 65.5 Å². The second-order valence-electron chi connectivity index (χ2n) is 8.43. The van der Waals surface area contributed by atoms with Crippen molar-refractivity contribution in [3.63, 3.8) is 0 Å². The molecule has 2 aromatic carbocycles. The molecule has 2 aromatic rings. The lowest BCUT2D eigenvalue weighted by Gasteiger charge is -2.33. The molecule has 1 saturated carbocycles. The van der Waals surface area contributed by atoms with Crippen LogP contribution >= 0.6 is 0 Å². The molecular weight excluding hydrogens is 435 g/mol. The quantitative estimate of drug-likeness (QED) is 0.671. The standard InChI is InChI=1S/C24H24F3N3O3/c25-16-10-11-17(22(27)21(16)26)29-20(31)13-28-23(32)19-12-15-8-4-5-9-18(15)30(19)24(33)14-6-2-1-3-7-14/h1-3,6-7,10-11,15,18-19H,4-5,8-9,12-13H2,(H,28,32)(H,29,31). The predicted octanol–water partition coefficient (Wildman–Crippen LogP) is 3.63. The molecule has 6 nitrogen and oxygen atoms in total. The number of rotatable bonds is 5. The molecule has 3 atom stereocenters. The molecule has 1 saturated heterocycles. The Morgan fingerprint density at radius 2 is 1.67 bits per heavy atom. The minimum absolute atomic E-state index is 0.0349. The number of hydrogen-bond acceptors (Lipinski definition) is 3. The molecule has 0 bridgehead atoms. The van der Waals surface area contributed by atoms with E-state index in [4.69, 9.17) is 0 Å². The highest BCUT2D eigenvalue weighted by atomic mass is 19.2. The normalized spacial score (nSPS) is 21.9. The van der Waals surface area contributed by atoms with Gasteiger partial charge in [-0.2, -0.15) is 0 Å². The molecule has 174 valence electrons. The smallest absolute Gasteiger partial charge is 0.254 e. The van der Waals surface area contributed by atoms with Gasteiger partial charge in [0.15, 0.2) is 17.5 Å². The van der Waals surface area contributed by atoms with Gasteiger partial charge in [-0.25, -0.2) is 13.2 Å². The largest absolute Gasteiger partial charge is 0.345 e. The van der Waals surface area contributed by atoms with Crippen LogP contribution in [0.3, 0.4) is 0 Å². The molecule has 1 aliphatic carbocycles. The third-order valence-corrected chi connectivity index (χ3v) is 6.38. The number of halogens is 3. The summed E-state index contributed by atoms with van der Waals surface area (Å²) in [6.07, 6.45) is 4.29. The third-order valence-electron chi connectivity index (χ3n) is 6.38. The van der Waals surface area contributed by atoms with E-state index >= 15 is 0 Å². The second-order valence-corrected chi connectivity index (χ2v) is 8.43. The van der Waals surface area contributed by atoms with Gasteiger partial charge in [0.2, 0.25) is 11.8 Å². The Bertz CT molecular complexity index is 1060. The maximum atomic E-state index is 13.8. The molecule has 3 amide bonds. The summed E-state index contributed by atoms with van der Waals surface area (Å²) in [5.41, 5.74) is -0.0333. The summed E-state index contributed by atoms with van der Waals surface area (Å²) < 4.78 is 40.2. The fraction of sp³-hybridized carbons (Fsp3) is 0.375. The van der Waals surface area contributed by atoms with Gasteiger partial charge in [0.25, 0.3) is 5.91 Å². The SMILES string of the molecule is O=C(CNC(=O)C1CC2CCCCC2N1C(=O)c1ccccc1)Nc1ccc(F)c(F)c1F. The molecule has 1 heterocycles. The van der Waals surface area contributed by atoms with Gasteiger partial charge < -0.3 is 15.5 Å². The van der Waals surface area contributed by atoms with Gasteiger partial charge >= 0.3 is 0 Å². The first-order valence-electron chi connectivity index (χ1n) is 11.0. The third kappa shape index (κ3) is 4.72. The van der Waals surface area contributed by atoms with Crippen molar-refractivity contribution >= 4 is 23.4 Å². The highest BCUT2D eigenvalue weighted by Gasteiger charge is 2.47. The number of anilines is 1. The Balaban J connectivity index is 1.44. The summed E-state index contributed by atoms with van der Waals surface area (Å²) in [5.74, 6) is -5.87. The van der Waals surface area contributed by atoms with Crippen LogP contribution in [0, 0.1) is 23.4 Å². The monoisotopic (exact) mass is 459 g/mol. The molecule has 3 unspecified atom stereocenters. The topological polar surface area (TPSA) is 78.5 Å². The van der Waals surface area contributed by atoms with Gasteiger partial charge in [0.05, 0.1) is 12.2 Å². The van der Waals surface area contributed by atoms with Gasteiger partial charge in [-0.1, -0.05) is 31.0 Å². The van der Waals surface area contributed by atoms with Crippen LogP contribution in [0.15, 0.2) is 42.5 Å². The van der Waals surface area contributed by atoms with E-state index in [0.29, 0.717) is 18.1 Å². The van der Waals surface area contributed by atoms with E-state index in [0.717, 1.165) is 31.7 Å². The summed E-state index contributed by atoms with van der Waals surface area (Å²) in [6.45, 7) is -0.504. The molecule has 0 radical (unpaired) electrons. The fourth-order valence-corrected chi connectivity index (χ4v) is 4.82. The first-order valence-corrected chi connectivity index (χ1v) is 11.0. The van der Waals surface area contributed by atoms with Crippen molar-refractivity contribution in [2.75, 3.05) is 11.9 Å². The Kier molecular flexibility index (Phi) is 6.67. The van der Waals surface area contributed by atoms with E-state index in [1.807, 2.05) is 6.07 Å². The average molecular weight is 459 g/mol. The zero-order valence-corrected chi connectivity index (χ0v) is 17.8. The molecular formula is C24H24F3N3O3. The number of fused-ring (bicyclic) bond motifs is 1. The summed E-state index contributed by atoms with van der Waals surface area (Å²) in [6, 6.07) is 9.58. The second kappa shape index (κ2) is 9.64. The lowest BCUT2D eigenvalue weighted by Crippen LogP contribution is -2.50. The van der Waals surface area contributed by atoms with Crippen LogP contribution in [0.1, 0.15) is 42.5 Å². The lowest BCUT2D eigenvalue weighted by molar-refractivity contribution is -0.127. The maximum absolute atomic E-state index is 13.8. The van der Waals surface area contributed by atoms with E-state index in [2.05, 4.69) is 10.6 Å². The average Bonchev–Trinajstić information content (AvgIpc) is 3.22. The van der Waals surface area contributed by atoms with Gasteiger partial charge in [0.1, 0.15) is 6.04 Å². The van der Waals surface area contributed by atoms with E-state index in [-0.39, 0.29) is 17.9 Å². The number of carbonyl (C=O) groups is 3. The summed E-state index contributed by atoms with van der Waals surface area (Å²) in [7, 11) is 0. The Labute approximate surface area is 189 Å². The number of benzene rings is 2. The van der Waals surface area contributed by atoms with Crippen molar-refractivity contribution in [2.24, 2.45) is 5.92 Å². The van der Waals surface area contributed by atoms with Crippen molar-refractivity contribution in [1.29, 1.82) is 0 Å². The number of hydrogen-bond donors (Lipinski definition) is 2. The van der Waals surface area contributed by atoms with Crippen LogP contribution in [-0.4, -0.2) is 41.2 Å². The molecule has 2 aliphatic rings. The van der Waals surface area contributed by atoms with Crippen LogP contribution in [0.4, 0.5) is 18.9 Å². The van der Waals surface area contributed by atoms with Gasteiger partial charge in [-0.3, -0.25) is 14.4 Å². The summed E-state index contributed by atoms with van der Waals surface area (Å²) >= 11 is 0. The van der Waals surface area contributed by atoms with Crippen LogP contribution in [0.5, 0.6) is 0 Å². The molecule has 2 N–H and O–H groups in total. The number of amides is 3. The Morgan fingerprint density at radius 3 is 2.42 bits per heavy atom. The minimum atomic E-state index is -1.69. The molecule has 0 spiro atoms. The van der Waals surface area contributed by atoms with Crippen molar-refractivity contribution in [2.45, 2.75) is 44.2 Å². The van der Waals surface area contributed by atoms with Crippen molar-refractivity contribution in [3.8, 4) is 0 Å². The van der Waals surface area contributed by atoms with E-state index in [1.54, 1.807) is 29.2 Å². The lowest BCUT2D eigenvalue weighted by atomic mass is 9.84. The first kappa shape index (κ1) is 22.8. The molecule has 2 fully saturated rings. The number of likely N-dealkylation sites (tertiary alicyclic amines) is 1. The fourth-order valence-electron chi connectivity index (χ4n) is 4.82. The highest BCUT2D eigenvalue weighted by molar-refractivity contribution is 5.99. The maximum Gasteiger partial charge on any atom is 0.254 e. The van der Waals surface area contributed by atoms with Crippen molar-refractivity contribution < 1.29 is 27.6 Å². The Hall–Kier alpha value is -3.36. The van der Waals surface area contributed by atoms with Crippen LogP contribution in [-0.2, 0) is 9.59 Å². The van der Waals surface area contributed by atoms with Crippen LogP contribution in [0.25, 0.3) is 0 Å². The van der Waals surface area contributed by atoms with E-state index < -0.39 is 47.5 Å². The molecule has 9 heteroatoms. The van der Waals surface area contributed by atoms with E-state index in [1.165, 1.54) is 0 Å². The van der Waals surface area contributed by atoms with Crippen molar-refractivity contribution in [1.82, 2.24) is 10.2 Å². The summed E-state index contributed by atoms with van der Waals surface area (Å²) in [4.78, 5) is 40.1. The zero-order valence-electron chi connectivity index (χ0n) is 17.8. The number of carbonyl (C=O) groups excluding carboxylic acids is 3. The number of nitrogens with one attached hydrogen (secondary N) is 2. The van der Waals surface area contributed by atoms with Gasteiger partial charge in [0, 0.05) is 11.6 Å². The summed E-state index contributed by atoms with van der Waals surface area (Å²) in [5, 5.41) is 4.62. The Morgan fingerprint density at radius 1 is 0.939 bits per heavy atom. The van der Waals surface area contributed by atoms with Crippen LogP contribution in [0.2, 0.25) is 0 Å². The highest BCUT2D eigenvalue weighted by Crippen LogP contribution is 2.40. The molecule has 33 heavy (non-hydrogen) atoms. The van der Waals surface area contributed by atoms with E-state index in [9.17, 15) is 27.6 Å². The molecule has 4 rings (SSSR count). The van der Waals surface area contributed by atoms with Gasteiger partial charge in [-0.15, -0.1) is 0 Å². The first-order chi connectivity index (χ1) is 15.9. The molecule has 0 aromatic heterocycles. The van der Waals surface area contributed by atoms with Gasteiger partial charge in [-0.05, 0) is 49.4 Å². The predicted molar refractivity (Wildman–Crippen MR) is 115 cm³/mol. The number of nitrogens with zero attached hydrogens (tertiary/aromatic N) is 1. The molecule has 1 aliphatic heterocycles. The minimum Gasteiger partial charge on any atom is -0.345 e. The zero-order chi connectivity index (χ0) is 23.5. The van der Waals surface area contributed by atoms with Crippen LogP contribution < -0.4 is 10.6 Å².